The molecule has 5 rings (SSSR count). The smallest absolute Gasteiger partial charge is 0.266 e. The fraction of sp³-hybridized carbons (Fsp3) is 0.0476. The van der Waals surface area contributed by atoms with E-state index < -0.39 is 5.82 Å². The van der Waals surface area contributed by atoms with Crippen molar-refractivity contribution in [1.82, 2.24) is 19.7 Å². The number of fused-ring (bicyclic) bond motifs is 1. The molecule has 0 aliphatic heterocycles. The van der Waals surface area contributed by atoms with Gasteiger partial charge in [-0.05, 0) is 41.8 Å². The van der Waals surface area contributed by atoms with E-state index in [9.17, 15) is 9.18 Å². The van der Waals surface area contributed by atoms with Crippen LogP contribution in [0.1, 0.15) is 5.82 Å². The molecule has 0 radical (unpaired) electrons. The van der Waals surface area contributed by atoms with Crippen molar-refractivity contribution in [3.05, 3.63) is 86.3 Å². The number of thiophene rings is 1. The molecule has 0 saturated heterocycles. The highest BCUT2D eigenvalue weighted by Gasteiger charge is 2.16. The first-order valence-electron chi connectivity index (χ1n) is 9.05. The number of thioether (sulfide) groups is 1. The van der Waals surface area contributed by atoms with Crippen LogP contribution in [0.15, 0.2) is 73.8 Å². The molecule has 0 saturated carbocycles. The number of benzene rings is 2. The minimum atomic E-state index is -0.561. The third-order valence-electron chi connectivity index (χ3n) is 4.47. The molecule has 0 unspecified atom stereocenters. The molecule has 0 N–H and O–H groups in total. The summed E-state index contributed by atoms with van der Waals surface area (Å²) in [4.78, 5) is 22.3. The molecule has 10 heteroatoms. The third-order valence-corrected chi connectivity index (χ3v) is 6.38. The lowest BCUT2D eigenvalue weighted by atomic mass is 10.2. The first kappa shape index (κ1) is 19.9. The second-order valence-electron chi connectivity index (χ2n) is 6.47. The topological polar surface area (TPSA) is 73.8 Å². The maximum Gasteiger partial charge on any atom is 0.266 e. The summed E-state index contributed by atoms with van der Waals surface area (Å²) in [6, 6.07) is 13.1. The number of hydrogen-bond acceptors (Lipinski definition) is 7. The molecule has 0 atom stereocenters. The predicted molar refractivity (Wildman–Crippen MR) is 119 cm³/mol. The van der Waals surface area contributed by atoms with Crippen LogP contribution in [0.5, 0.6) is 0 Å². The second kappa shape index (κ2) is 8.26. The summed E-state index contributed by atoms with van der Waals surface area (Å²) >= 11 is 8.78. The summed E-state index contributed by atoms with van der Waals surface area (Å²) < 4.78 is 20.4. The molecule has 0 bridgehead atoms. The molecule has 3 aromatic heterocycles. The SMILES string of the molecule is O=c1c2ccccc2nc(SCc2noc(-c3ccsc3)n2)n1-c1ccc(F)c(Cl)c1. The third kappa shape index (κ3) is 3.87. The van der Waals surface area contributed by atoms with Gasteiger partial charge in [-0.15, -0.1) is 0 Å². The van der Waals surface area contributed by atoms with E-state index in [0.29, 0.717) is 39.2 Å². The van der Waals surface area contributed by atoms with Crippen LogP contribution in [0.3, 0.4) is 0 Å². The molecule has 0 aliphatic carbocycles. The summed E-state index contributed by atoms with van der Waals surface area (Å²) in [5.41, 5.74) is 1.56. The zero-order valence-electron chi connectivity index (χ0n) is 15.7. The van der Waals surface area contributed by atoms with Gasteiger partial charge < -0.3 is 4.52 Å². The molecule has 154 valence electrons. The molecule has 0 spiro atoms. The Morgan fingerprint density at radius 2 is 2.03 bits per heavy atom. The van der Waals surface area contributed by atoms with Crippen LogP contribution in [0.2, 0.25) is 5.02 Å². The van der Waals surface area contributed by atoms with Gasteiger partial charge in [-0.1, -0.05) is 40.7 Å². The van der Waals surface area contributed by atoms with Gasteiger partial charge in [0.15, 0.2) is 11.0 Å². The molecule has 0 fully saturated rings. The minimum Gasteiger partial charge on any atom is -0.334 e. The van der Waals surface area contributed by atoms with E-state index in [1.54, 1.807) is 18.2 Å². The van der Waals surface area contributed by atoms with E-state index in [1.807, 2.05) is 22.9 Å². The number of hydrogen-bond donors (Lipinski definition) is 0. The number of halogens is 2. The van der Waals surface area contributed by atoms with Crippen LogP contribution in [-0.4, -0.2) is 19.7 Å². The molecular formula is C21H12ClFN4O2S2. The maximum absolute atomic E-state index is 13.7. The second-order valence-corrected chi connectivity index (χ2v) is 8.60. The van der Waals surface area contributed by atoms with Gasteiger partial charge in [0.05, 0.1) is 32.9 Å². The summed E-state index contributed by atoms with van der Waals surface area (Å²) in [6.07, 6.45) is 0. The summed E-state index contributed by atoms with van der Waals surface area (Å²) in [5, 5.41) is 8.65. The van der Waals surface area contributed by atoms with E-state index in [0.717, 1.165) is 5.56 Å². The van der Waals surface area contributed by atoms with Crippen LogP contribution in [0, 0.1) is 5.82 Å². The van der Waals surface area contributed by atoms with Crippen molar-refractivity contribution in [2.75, 3.05) is 0 Å². The van der Waals surface area contributed by atoms with Gasteiger partial charge >= 0.3 is 0 Å². The van der Waals surface area contributed by atoms with Crippen LogP contribution in [0.4, 0.5) is 4.39 Å². The predicted octanol–water partition coefficient (Wildman–Crippen LogP) is 5.58. The van der Waals surface area contributed by atoms with Crippen molar-refractivity contribution in [2.45, 2.75) is 10.9 Å². The fourth-order valence-electron chi connectivity index (χ4n) is 3.01. The van der Waals surface area contributed by atoms with Crippen LogP contribution in [0.25, 0.3) is 28.0 Å². The Bertz CT molecular complexity index is 1450. The molecule has 31 heavy (non-hydrogen) atoms. The Morgan fingerprint density at radius 1 is 1.16 bits per heavy atom. The van der Waals surface area contributed by atoms with Crippen molar-refractivity contribution >= 4 is 45.6 Å². The largest absolute Gasteiger partial charge is 0.334 e. The number of para-hydroxylation sites is 1. The van der Waals surface area contributed by atoms with Crippen molar-refractivity contribution < 1.29 is 8.91 Å². The average molecular weight is 471 g/mol. The molecule has 2 aromatic carbocycles. The van der Waals surface area contributed by atoms with Gasteiger partial charge in [0.25, 0.3) is 11.4 Å². The first-order valence-corrected chi connectivity index (χ1v) is 11.4. The van der Waals surface area contributed by atoms with Gasteiger partial charge in [0.1, 0.15) is 5.82 Å². The molecule has 6 nitrogen and oxygen atoms in total. The van der Waals surface area contributed by atoms with E-state index in [2.05, 4.69) is 15.1 Å². The monoisotopic (exact) mass is 470 g/mol. The van der Waals surface area contributed by atoms with Crippen molar-refractivity contribution in [1.29, 1.82) is 0 Å². The highest BCUT2D eigenvalue weighted by molar-refractivity contribution is 7.98. The molecule has 3 heterocycles. The summed E-state index contributed by atoms with van der Waals surface area (Å²) in [6.45, 7) is 0. The Balaban J connectivity index is 1.55. The lowest BCUT2D eigenvalue weighted by Gasteiger charge is -2.13. The first-order chi connectivity index (χ1) is 15.1. The number of aromatic nitrogens is 4. The molecule has 0 aliphatic rings. The van der Waals surface area contributed by atoms with Gasteiger partial charge in [-0.25, -0.2) is 9.37 Å². The van der Waals surface area contributed by atoms with Crippen LogP contribution in [-0.2, 0) is 5.75 Å². The standard InChI is InChI=1S/C21H12ClFN4O2S2/c22-15-9-13(5-6-16(15)23)27-20(28)14-3-1-2-4-17(14)24-21(27)31-11-18-25-19(29-26-18)12-7-8-30-10-12/h1-10H,11H2. The highest BCUT2D eigenvalue weighted by Crippen LogP contribution is 2.27. The Kier molecular flexibility index (Phi) is 5.31. The lowest BCUT2D eigenvalue weighted by Crippen LogP contribution is -2.21. The van der Waals surface area contributed by atoms with Gasteiger partial charge in [0, 0.05) is 5.38 Å². The molecule has 0 amide bonds. The fourth-order valence-corrected chi connectivity index (χ4v) is 4.67. The van der Waals surface area contributed by atoms with Crippen molar-refractivity contribution in [3.8, 4) is 17.1 Å². The Labute approximate surface area is 188 Å². The van der Waals surface area contributed by atoms with Gasteiger partial charge in [-0.2, -0.15) is 16.3 Å². The Hall–Kier alpha value is -3.01. The highest BCUT2D eigenvalue weighted by atomic mass is 35.5. The normalized spacial score (nSPS) is 11.3. The quantitative estimate of drug-likeness (QED) is 0.246. The number of rotatable bonds is 5. The van der Waals surface area contributed by atoms with E-state index in [1.165, 1.54) is 45.9 Å². The van der Waals surface area contributed by atoms with E-state index in [4.69, 9.17) is 16.1 Å². The zero-order chi connectivity index (χ0) is 21.4. The zero-order valence-corrected chi connectivity index (χ0v) is 18.0. The van der Waals surface area contributed by atoms with E-state index in [-0.39, 0.29) is 10.6 Å². The van der Waals surface area contributed by atoms with Crippen LogP contribution < -0.4 is 5.56 Å². The van der Waals surface area contributed by atoms with E-state index >= 15 is 0 Å². The van der Waals surface area contributed by atoms with Gasteiger partial charge in [-0.3, -0.25) is 9.36 Å². The number of nitrogens with zero attached hydrogens (tertiary/aromatic N) is 4. The average Bonchev–Trinajstić information content (AvgIpc) is 3.46. The van der Waals surface area contributed by atoms with Crippen LogP contribution >= 0.6 is 34.7 Å². The Morgan fingerprint density at radius 3 is 2.84 bits per heavy atom. The summed E-state index contributed by atoms with van der Waals surface area (Å²) in [5.74, 6) is 0.672. The lowest BCUT2D eigenvalue weighted by molar-refractivity contribution is 0.425. The molecular weight excluding hydrogens is 459 g/mol. The minimum absolute atomic E-state index is 0.0768. The van der Waals surface area contributed by atoms with Gasteiger partial charge in [0.2, 0.25) is 0 Å². The maximum atomic E-state index is 13.7. The summed E-state index contributed by atoms with van der Waals surface area (Å²) in [7, 11) is 0. The van der Waals surface area contributed by atoms with Crippen molar-refractivity contribution in [3.63, 3.8) is 0 Å². The van der Waals surface area contributed by atoms with Crippen molar-refractivity contribution in [2.24, 2.45) is 0 Å². The molecule has 5 aromatic rings.